The zero-order valence-electron chi connectivity index (χ0n) is 13.3. The van der Waals surface area contributed by atoms with Crippen LogP contribution < -0.4 is 19.5 Å². The highest BCUT2D eigenvalue weighted by Gasteiger charge is 2.21. The van der Waals surface area contributed by atoms with Crippen molar-refractivity contribution in [2.24, 2.45) is 0 Å². The van der Waals surface area contributed by atoms with Crippen LogP contribution >= 0.6 is 0 Å². The van der Waals surface area contributed by atoms with Crippen LogP contribution in [0.3, 0.4) is 0 Å². The minimum Gasteiger partial charge on any atom is -0.497 e. The van der Waals surface area contributed by atoms with Gasteiger partial charge in [0.2, 0.25) is 0 Å². The van der Waals surface area contributed by atoms with Gasteiger partial charge in [-0.3, -0.25) is 4.72 Å². The number of hydrogen-bond acceptors (Lipinski definition) is 7. The fourth-order valence-corrected chi connectivity index (χ4v) is 3.00. The van der Waals surface area contributed by atoms with Crippen molar-refractivity contribution < 1.29 is 17.9 Å². The van der Waals surface area contributed by atoms with Crippen LogP contribution in [0, 0.1) is 0 Å². The number of methoxy groups -OCH3 is 2. The van der Waals surface area contributed by atoms with Gasteiger partial charge in [0.25, 0.3) is 10.0 Å². The highest BCUT2D eigenvalue weighted by atomic mass is 32.2. The van der Waals surface area contributed by atoms with Crippen molar-refractivity contribution in [3.63, 3.8) is 0 Å². The largest absolute Gasteiger partial charge is 0.497 e. The van der Waals surface area contributed by atoms with Gasteiger partial charge in [-0.1, -0.05) is 6.08 Å². The summed E-state index contributed by atoms with van der Waals surface area (Å²) in [5.41, 5.74) is 0. The van der Waals surface area contributed by atoms with E-state index in [9.17, 15) is 8.42 Å². The summed E-state index contributed by atoms with van der Waals surface area (Å²) in [7, 11) is -1.01. The second-order valence-corrected chi connectivity index (χ2v) is 6.25. The van der Waals surface area contributed by atoms with Crippen molar-refractivity contribution in [3.05, 3.63) is 43.0 Å². The number of nitrogens with one attached hydrogen (secondary N) is 2. The standard InChI is InChI=1S/C15H18N4O4S/c1-4-9-16-14-7-8-15(18-17-14)19-24(20,21)13-6-5-11(22-2)10-12(13)23-3/h4-8,10H,1,9H2,2-3H3,(H,16,17)(H,18,19). The first kappa shape index (κ1) is 17.5. The number of benzene rings is 1. The second-order valence-electron chi connectivity index (χ2n) is 4.60. The minimum absolute atomic E-state index is 0.0264. The molecule has 0 aliphatic carbocycles. The van der Waals surface area contributed by atoms with Crippen molar-refractivity contribution in [2.45, 2.75) is 4.90 Å². The molecule has 1 heterocycles. The minimum atomic E-state index is -3.88. The van der Waals surface area contributed by atoms with Crippen LogP contribution in [0.15, 0.2) is 47.9 Å². The molecule has 1 aromatic heterocycles. The van der Waals surface area contributed by atoms with Crippen LogP contribution in [0.5, 0.6) is 11.5 Å². The van der Waals surface area contributed by atoms with Crippen molar-refractivity contribution in [2.75, 3.05) is 30.8 Å². The summed E-state index contributed by atoms with van der Waals surface area (Å²) in [5, 5.41) is 10.7. The molecule has 0 saturated carbocycles. The molecule has 0 aliphatic heterocycles. The third kappa shape index (κ3) is 4.13. The molecule has 0 unspecified atom stereocenters. The lowest BCUT2D eigenvalue weighted by Gasteiger charge is -2.12. The van der Waals surface area contributed by atoms with Gasteiger partial charge in [-0.15, -0.1) is 16.8 Å². The second kappa shape index (κ2) is 7.64. The van der Waals surface area contributed by atoms with E-state index in [1.165, 1.54) is 38.5 Å². The van der Waals surface area contributed by atoms with Gasteiger partial charge in [0.05, 0.1) is 14.2 Å². The first-order valence-corrected chi connectivity index (χ1v) is 8.42. The number of aromatic nitrogens is 2. The van der Waals surface area contributed by atoms with Gasteiger partial charge in [0.15, 0.2) is 5.82 Å². The Morgan fingerprint density at radius 2 is 1.83 bits per heavy atom. The van der Waals surface area contributed by atoms with E-state index < -0.39 is 10.0 Å². The van der Waals surface area contributed by atoms with Crippen molar-refractivity contribution in [3.8, 4) is 11.5 Å². The Morgan fingerprint density at radius 1 is 1.12 bits per heavy atom. The van der Waals surface area contributed by atoms with Gasteiger partial charge in [-0.25, -0.2) is 8.42 Å². The molecule has 128 valence electrons. The van der Waals surface area contributed by atoms with Gasteiger partial charge in [-0.05, 0) is 24.3 Å². The predicted octanol–water partition coefficient (Wildman–Crippen LogP) is 1.89. The van der Waals surface area contributed by atoms with Crippen molar-refractivity contribution >= 4 is 21.7 Å². The first-order chi connectivity index (χ1) is 11.5. The molecule has 0 spiro atoms. The van der Waals surface area contributed by atoms with Gasteiger partial charge in [0.1, 0.15) is 22.2 Å². The van der Waals surface area contributed by atoms with E-state index in [4.69, 9.17) is 9.47 Å². The lowest BCUT2D eigenvalue weighted by molar-refractivity contribution is 0.386. The number of anilines is 2. The summed E-state index contributed by atoms with van der Waals surface area (Å²) in [5.74, 6) is 1.26. The molecule has 9 heteroatoms. The number of ether oxygens (including phenoxy) is 2. The maximum absolute atomic E-state index is 12.5. The Balaban J connectivity index is 2.23. The van der Waals surface area contributed by atoms with Crippen LogP contribution in [0.2, 0.25) is 0 Å². The Labute approximate surface area is 140 Å². The van der Waals surface area contributed by atoms with Gasteiger partial charge >= 0.3 is 0 Å². The topological polar surface area (TPSA) is 102 Å². The summed E-state index contributed by atoms with van der Waals surface area (Å²) in [6.07, 6.45) is 1.67. The number of nitrogens with zero attached hydrogens (tertiary/aromatic N) is 2. The molecule has 0 amide bonds. The molecular formula is C15H18N4O4S. The van der Waals surface area contributed by atoms with Crippen molar-refractivity contribution in [1.82, 2.24) is 10.2 Å². The normalized spacial score (nSPS) is 10.8. The Kier molecular flexibility index (Phi) is 5.59. The maximum Gasteiger partial charge on any atom is 0.266 e. The number of sulfonamides is 1. The van der Waals surface area contributed by atoms with Gasteiger partial charge < -0.3 is 14.8 Å². The van der Waals surface area contributed by atoms with E-state index >= 15 is 0 Å². The third-order valence-electron chi connectivity index (χ3n) is 2.99. The molecule has 1 aromatic carbocycles. The Bertz CT molecular complexity index is 807. The summed E-state index contributed by atoms with van der Waals surface area (Å²) in [4.78, 5) is -0.0264. The lowest BCUT2D eigenvalue weighted by atomic mass is 10.3. The van der Waals surface area contributed by atoms with Gasteiger partial charge in [-0.2, -0.15) is 0 Å². The monoisotopic (exact) mass is 350 g/mol. The molecule has 0 fully saturated rings. The molecule has 2 aromatic rings. The average Bonchev–Trinajstić information content (AvgIpc) is 2.60. The molecular weight excluding hydrogens is 332 g/mol. The average molecular weight is 350 g/mol. The van der Waals surface area contributed by atoms with E-state index in [0.29, 0.717) is 18.1 Å². The van der Waals surface area contributed by atoms with E-state index in [1.807, 2.05) is 0 Å². The summed E-state index contributed by atoms with van der Waals surface area (Å²) >= 11 is 0. The predicted molar refractivity (Wildman–Crippen MR) is 91.1 cm³/mol. The van der Waals surface area contributed by atoms with Crippen LogP contribution in [-0.4, -0.2) is 39.4 Å². The summed E-state index contributed by atoms with van der Waals surface area (Å²) < 4.78 is 37.6. The quantitative estimate of drug-likeness (QED) is 0.701. The fraction of sp³-hybridized carbons (Fsp3) is 0.200. The molecule has 2 rings (SSSR count). The van der Waals surface area contributed by atoms with Crippen molar-refractivity contribution in [1.29, 1.82) is 0 Å². The molecule has 0 bridgehead atoms. The van der Waals surface area contributed by atoms with Gasteiger partial charge in [0, 0.05) is 12.6 Å². The molecule has 8 nitrogen and oxygen atoms in total. The van der Waals surface area contributed by atoms with E-state index in [2.05, 4.69) is 26.8 Å². The van der Waals surface area contributed by atoms with E-state index in [0.717, 1.165) is 0 Å². The van der Waals surface area contributed by atoms with E-state index in [1.54, 1.807) is 12.1 Å². The highest BCUT2D eigenvalue weighted by Crippen LogP contribution is 2.29. The highest BCUT2D eigenvalue weighted by molar-refractivity contribution is 7.92. The Morgan fingerprint density at radius 3 is 2.42 bits per heavy atom. The summed E-state index contributed by atoms with van der Waals surface area (Å²) in [6.45, 7) is 4.11. The zero-order chi connectivity index (χ0) is 17.6. The molecule has 0 saturated heterocycles. The van der Waals surface area contributed by atoms with Crippen LogP contribution in [-0.2, 0) is 10.0 Å². The molecule has 0 atom stereocenters. The number of rotatable bonds is 8. The van der Waals surface area contributed by atoms with Crippen LogP contribution in [0.1, 0.15) is 0 Å². The fourth-order valence-electron chi connectivity index (χ4n) is 1.85. The Hall–Kier alpha value is -2.81. The third-order valence-corrected chi connectivity index (χ3v) is 4.39. The molecule has 2 N–H and O–H groups in total. The van der Waals surface area contributed by atoms with Crippen LogP contribution in [0.4, 0.5) is 11.6 Å². The molecule has 0 radical (unpaired) electrons. The maximum atomic E-state index is 12.5. The lowest BCUT2D eigenvalue weighted by Crippen LogP contribution is -2.15. The summed E-state index contributed by atoms with van der Waals surface area (Å²) in [6, 6.07) is 7.53. The molecule has 0 aliphatic rings. The van der Waals surface area contributed by atoms with Crippen LogP contribution in [0.25, 0.3) is 0 Å². The van der Waals surface area contributed by atoms with E-state index in [-0.39, 0.29) is 16.5 Å². The smallest absolute Gasteiger partial charge is 0.266 e. The molecule has 24 heavy (non-hydrogen) atoms. The first-order valence-electron chi connectivity index (χ1n) is 6.93. The SMILES string of the molecule is C=CCNc1ccc(NS(=O)(=O)c2ccc(OC)cc2OC)nn1. The number of hydrogen-bond donors (Lipinski definition) is 2. The zero-order valence-corrected chi connectivity index (χ0v) is 14.1.